The summed E-state index contributed by atoms with van der Waals surface area (Å²) in [5.74, 6) is -0.723. The molecule has 4 nitrogen and oxygen atoms in total. The zero-order valence-corrected chi connectivity index (χ0v) is 13.4. The number of nitrogens with zero attached hydrogens (tertiary/aromatic N) is 1. The van der Waals surface area contributed by atoms with Crippen molar-refractivity contribution in [1.82, 2.24) is 5.32 Å². The van der Waals surface area contributed by atoms with Crippen molar-refractivity contribution in [3.05, 3.63) is 69.5 Å². The van der Waals surface area contributed by atoms with E-state index < -0.39 is 0 Å². The Bertz CT molecular complexity index is 723. The third kappa shape index (κ3) is 5.88. The first-order valence-corrected chi connectivity index (χ1v) is 7.42. The molecule has 120 valence electrons. The second-order valence-corrected chi connectivity index (χ2v) is 5.42. The molecule has 23 heavy (non-hydrogen) atoms. The highest BCUT2D eigenvalue weighted by Gasteiger charge is 2.05. The fourth-order valence-electron chi connectivity index (χ4n) is 1.69. The molecule has 0 aliphatic heterocycles. The van der Waals surface area contributed by atoms with Crippen molar-refractivity contribution in [1.29, 1.82) is 0 Å². The van der Waals surface area contributed by atoms with Crippen molar-refractivity contribution in [2.24, 2.45) is 5.16 Å². The van der Waals surface area contributed by atoms with Crippen LogP contribution < -0.4 is 5.32 Å². The van der Waals surface area contributed by atoms with Gasteiger partial charge >= 0.3 is 0 Å². The van der Waals surface area contributed by atoms with Crippen LogP contribution in [0.3, 0.4) is 0 Å². The number of amides is 1. The first kappa shape index (κ1) is 17.2. The van der Waals surface area contributed by atoms with Crippen molar-refractivity contribution in [2.75, 3.05) is 6.61 Å². The van der Waals surface area contributed by atoms with Gasteiger partial charge in [0.25, 0.3) is 5.91 Å². The average Bonchev–Trinajstić information content (AvgIpc) is 2.51. The summed E-state index contributed by atoms with van der Waals surface area (Å²) in [4.78, 5) is 16.5. The van der Waals surface area contributed by atoms with Gasteiger partial charge in [-0.2, -0.15) is 0 Å². The Morgan fingerprint density at radius 3 is 2.83 bits per heavy atom. The summed E-state index contributed by atoms with van der Waals surface area (Å²) in [5, 5.41) is 7.26. The number of nitrogens with one attached hydrogen (secondary N) is 1. The van der Waals surface area contributed by atoms with Gasteiger partial charge in [0.05, 0.1) is 6.21 Å². The maximum Gasteiger partial charge on any atom is 0.261 e. The van der Waals surface area contributed by atoms with E-state index in [1.54, 1.807) is 30.3 Å². The molecule has 1 amide bonds. The van der Waals surface area contributed by atoms with Gasteiger partial charge in [-0.3, -0.25) is 4.79 Å². The highest BCUT2D eigenvalue weighted by atomic mass is 35.5. The second-order valence-electron chi connectivity index (χ2n) is 4.58. The smallest absolute Gasteiger partial charge is 0.261 e. The molecular weight excluding hydrogens is 342 g/mol. The molecule has 7 heteroatoms. The molecule has 0 fully saturated rings. The van der Waals surface area contributed by atoms with Gasteiger partial charge in [0.15, 0.2) is 6.61 Å². The molecule has 0 saturated carbocycles. The van der Waals surface area contributed by atoms with Crippen molar-refractivity contribution in [2.45, 2.75) is 6.54 Å². The fourth-order valence-corrected chi connectivity index (χ4v) is 2.17. The number of benzene rings is 2. The zero-order valence-electron chi connectivity index (χ0n) is 11.9. The van der Waals surface area contributed by atoms with E-state index in [2.05, 4.69) is 10.5 Å². The van der Waals surface area contributed by atoms with Crippen LogP contribution in [-0.4, -0.2) is 18.7 Å². The minimum Gasteiger partial charge on any atom is -0.386 e. The number of hydrogen-bond acceptors (Lipinski definition) is 3. The molecular formula is C16H13Cl2FN2O2. The average molecular weight is 355 g/mol. The van der Waals surface area contributed by atoms with E-state index in [1.165, 1.54) is 18.3 Å². The summed E-state index contributed by atoms with van der Waals surface area (Å²) >= 11 is 11.8. The molecule has 2 rings (SSSR count). The van der Waals surface area contributed by atoms with Gasteiger partial charge in [-0.25, -0.2) is 4.39 Å². The first-order chi connectivity index (χ1) is 11.0. The molecule has 1 N–H and O–H groups in total. The predicted octanol–water partition coefficient (Wildman–Crippen LogP) is 3.80. The van der Waals surface area contributed by atoms with Gasteiger partial charge in [0.1, 0.15) is 5.82 Å². The Kier molecular flexibility index (Phi) is 6.38. The lowest BCUT2D eigenvalue weighted by Crippen LogP contribution is -2.26. The Balaban J connectivity index is 1.75. The Morgan fingerprint density at radius 1 is 1.26 bits per heavy atom. The second kappa shape index (κ2) is 8.50. The molecule has 0 heterocycles. The van der Waals surface area contributed by atoms with E-state index in [1.807, 2.05) is 0 Å². The Hall–Kier alpha value is -2.11. The van der Waals surface area contributed by atoms with Gasteiger partial charge in [-0.15, -0.1) is 0 Å². The minimum absolute atomic E-state index is 0.253. The van der Waals surface area contributed by atoms with Crippen LogP contribution in [0.2, 0.25) is 10.0 Å². The molecule has 2 aromatic rings. The number of oxime groups is 1. The minimum atomic E-state index is -0.369. The third-order valence-corrected chi connectivity index (χ3v) is 3.40. The van der Waals surface area contributed by atoms with Crippen LogP contribution in [0, 0.1) is 5.82 Å². The fraction of sp³-hybridized carbons (Fsp3) is 0.125. The monoisotopic (exact) mass is 354 g/mol. The largest absolute Gasteiger partial charge is 0.386 e. The maximum atomic E-state index is 12.9. The van der Waals surface area contributed by atoms with Crippen LogP contribution in [0.1, 0.15) is 11.1 Å². The zero-order chi connectivity index (χ0) is 16.7. The molecule has 0 saturated heterocycles. The summed E-state index contributed by atoms with van der Waals surface area (Å²) < 4.78 is 12.9. The van der Waals surface area contributed by atoms with E-state index in [0.29, 0.717) is 15.6 Å². The van der Waals surface area contributed by atoms with Crippen molar-refractivity contribution in [3.63, 3.8) is 0 Å². The van der Waals surface area contributed by atoms with Crippen LogP contribution in [0.5, 0.6) is 0 Å². The van der Waals surface area contributed by atoms with Gasteiger partial charge in [0.2, 0.25) is 0 Å². The van der Waals surface area contributed by atoms with E-state index in [4.69, 9.17) is 28.0 Å². The maximum absolute atomic E-state index is 12.9. The Labute approximate surface area is 142 Å². The summed E-state index contributed by atoms with van der Waals surface area (Å²) in [6, 6.07) is 10.9. The lowest BCUT2D eigenvalue weighted by Gasteiger charge is -2.06. The topological polar surface area (TPSA) is 50.7 Å². The molecule has 0 unspecified atom stereocenters. The lowest BCUT2D eigenvalue weighted by atomic mass is 10.2. The van der Waals surface area contributed by atoms with Crippen molar-refractivity contribution < 1.29 is 14.0 Å². The molecule has 0 aromatic heterocycles. The summed E-state index contributed by atoms with van der Waals surface area (Å²) in [5.41, 5.74) is 1.28. The summed E-state index contributed by atoms with van der Waals surface area (Å²) in [7, 11) is 0. The van der Waals surface area contributed by atoms with Crippen LogP contribution >= 0.6 is 23.2 Å². The van der Waals surface area contributed by atoms with Crippen molar-refractivity contribution in [3.8, 4) is 0 Å². The molecule has 0 bridgehead atoms. The molecule has 0 aliphatic carbocycles. The van der Waals surface area contributed by atoms with Crippen LogP contribution in [-0.2, 0) is 16.2 Å². The molecule has 0 atom stereocenters. The van der Waals surface area contributed by atoms with E-state index in [0.717, 1.165) is 5.56 Å². The van der Waals surface area contributed by atoms with Gasteiger partial charge in [0, 0.05) is 16.6 Å². The number of rotatable bonds is 6. The number of carbonyl (C=O) groups is 1. The van der Waals surface area contributed by atoms with Crippen LogP contribution in [0.4, 0.5) is 4.39 Å². The Morgan fingerprint density at radius 2 is 2.09 bits per heavy atom. The number of carbonyl (C=O) groups excluding carboxylic acids is 1. The highest BCUT2D eigenvalue weighted by molar-refractivity contribution is 6.35. The lowest BCUT2D eigenvalue weighted by molar-refractivity contribution is -0.125. The van der Waals surface area contributed by atoms with Crippen LogP contribution in [0.25, 0.3) is 0 Å². The normalized spacial score (nSPS) is 10.7. The molecule has 0 spiro atoms. The summed E-state index contributed by atoms with van der Waals surface area (Å²) in [6.45, 7) is 0.00281. The first-order valence-electron chi connectivity index (χ1n) is 6.66. The van der Waals surface area contributed by atoms with E-state index >= 15 is 0 Å². The van der Waals surface area contributed by atoms with Crippen molar-refractivity contribution >= 4 is 35.3 Å². The molecule has 0 aliphatic rings. The SMILES string of the molecule is O=C(CO/N=C\c1cccc(F)c1)NCc1ccc(Cl)cc1Cl. The number of hydrogen-bond donors (Lipinski definition) is 1. The number of halogens is 3. The van der Waals surface area contributed by atoms with Gasteiger partial charge < -0.3 is 10.2 Å². The van der Waals surface area contributed by atoms with Gasteiger partial charge in [-0.1, -0.05) is 46.6 Å². The molecule has 2 aromatic carbocycles. The quantitative estimate of drug-likeness (QED) is 0.633. The van der Waals surface area contributed by atoms with Gasteiger partial charge in [-0.05, 0) is 35.4 Å². The molecule has 0 radical (unpaired) electrons. The van der Waals surface area contributed by atoms with E-state index in [-0.39, 0.29) is 24.9 Å². The standard InChI is InChI=1S/C16H13Cl2FN2O2/c17-13-5-4-12(15(18)7-13)9-20-16(22)10-23-21-8-11-2-1-3-14(19)6-11/h1-8H,9-10H2,(H,20,22)/b21-8-. The predicted molar refractivity (Wildman–Crippen MR) is 88.3 cm³/mol. The summed E-state index contributed by atoms with van der Waals surface area (Å²) in [6.07, 6.45) is 1.33. The third-order valence-electron chi connectivity index (χ3n) is 2.81. The van der Waals surface area contributed by atoms with Crippen LogP contribution in [0.15, 0.2) is 47.6 Å². The van der Waals surface area contributed by atoms with E-state index in [9.17, 15) is 9.18 Å². The highest BCUT2D eigenvalue weighted by Crippen LogP contribution is 2.20.